The molecule has 2 heterocycles. The maximum Gasteiger partial charge on any atom is 0.289 e. The van der Waals surface area contributed by atoms with Crippen LogP contribution < -0.4 is 0 Å². The minimum atomic E-state index is -0.0262. The number of fused-ring (bicyclic) bond motifs is 1. The van der Waals surface area contributed by atoms with E-state index in [1.165, 1.54) is 5.56 Å². The molecule has 0 radical (unpaired) electrons. The zero-order valence-corrected chi connectivity index (χ0v) is 15.7. The van der Waals surface area contributed by atoms with Crippen LogP contribution in [0.3, 0.4) is 0 Å². The van der Waals surface area contributed by atoms with E-state index in [1.807, 2.05) is 31.0 Å². The van der Waals surface area contributed by atoms with Gasteiger partial charge in [0.25, 0.3) is 5.91 Å². The van der Waals surface area contributed by atoms with Crippen LogP contribution in [0.1, 0.15) is 28.1 Å². The third-order valence-corrected chi connectivity index (χ3v) is 5.15. The van der Waals surface area contributed by atoms with Crippen molar-refractivity contribution in [2.75, 3.05) is 46.9 Å². The highest BCUT2D eigenvalue weighted by Gasteiger charge is 2.27. The SMILES string of the molecule is COCCN1CCC(CN(C)C(=O)c2oc3ccc(C)cc3c2C)C1. The molecule has 1 aromatic heterocycles. The molecule has 1 aliphatic rings. The second-order valence-electron chi connectivity index (χ2n) is 7.19. The molecule has 25 heavy (non-hydrogen) atoms. The van der Waals surface area contributed by atoms with E-state index in [9.17, 15) is 4.79 Å². The molecule has 0 bridgehead atoms. The van der Waals surface area contributed by atoms with Crippen LogP contribution in [0.15, 0.2) is 22.6 Å². The van der Waals surface area contributed by atoms with Crippen LogP contribution >= 0.6 is 0 Å². The molecule has 136 valence electrons. The van der Waals surface area contributed by atoms with Crippen LogP contribution in [0.5, 0.6) is 0 Å². The number of likely N-dealkylation sites (tertiary alicyclic amines) is 1. The second kappa shape index (κ2) is 7.58. The molecular weight excluding hydrogens is 316 g/mol. The van der Waals surface area contributed by atoms with Gasteiger partial charge in [0, 0.05) is 44.7 Å². The molecule has 5 heteroatoms. The Kier molecular flexibility index (Phi) is 5.45. The zero-order valence-electron chi connectivity index (χ0n) is 15.7. The van der Waals surface area contributed by atoms with Gasteiger partial charge in [0.1, 0.15) is 5.58 Å². The molecule has 0 N–H and O–H groups in total. The smallest absolute Gasteiger partial charge is 0.289 e. The van der Waals surface area contributed by atoms with Crippen molar-refractivity contribution in [1.29, 1.82) is 0 Å². The van der Waals surface area contributed by atoms with E-state index in [1.54, 1.807) is 7.11 Å². The number of benzene rings is 1. The number of ether oxygens (including phenoxy) is 1. The van der Waals surface area contributed by atoms with E-state index >= 15 is 0 Å². The van der Waals surface area contributed by atoms with Gasteiger partial charge in [0.05, 0.1) is 6.61 Å². The predicted octanol–water partition coefficient (Wildman–Crippen LogP) is 3.09. The molecule has 1 unspecified atom stereocenters. The first-order valence-electron chi connectivity index (χ1n) is 8.96. The van der Waals surface area contributed by atoms with E-state index in [0.717, 1.165) is 55.7 Å². The Labute approximate surface area is 149 Å². The summed E-state index contributed by atoms with van der Waals surface area (Å²) in [5, 5.41) is 1.03. The number of carbonyl (C=O) groups is 1. The lowest BCUT2D eigenvalue weighted by atomic mass is 10.1. The van der Waals surface area contributed by atoms with Gasteiger partial charge in [0.2, 0.25) is 0 Å². The van der Waals surface area contributed by atoms with Crippen molar-refractivity contribution in [3.05, 3.63) is 35.1 Å². The summed E-state index contributed by atoms with van der Waals surface area (Å²) in [7, 11) is 3.61. The Bertz CT molecular complexity index is 753. The first-order chi connectivity index (χ1) is 12.0. The van der Waals surface area contributed by atoms with Crippen LogP contribution in [0.25, 0.3) is 11.0 Å². The minimum absolute atomic E-state index is 0.0262. The summed E-state index contributed by atoms with van der Waals surface area (Å²) in [6, 6.07) is 6.03. The molecule has 1 amide bonds. The van der Waals surface area contributed by atoms with Crippen molar-refractivity contribution in [2.45, 2.75) is 20.3 Å². The van der Waals surface area contributed by atoms with Gasteiger partial charge in [-0.25, -0.2) is 0 Å². The molecule has 1 saturated heterocycles. The number of carbonyl (C=O) groups excluding carboxylic acids is 1. The summed E-state index contributed by atoms with van der Waals surface area (Å²) in [4.78, 5) is 17.1. The lowest BCUT2D eigenvalue weighted by Gasteiger charge is -2.21. The number of aryl methyl sites for hydroxylation is 2. The van der Waals surface area contributed by atoms with Crippen LogP contribution in [-0.2, 0) is 4.74 Å². The highest BCUT2D eigenvalue weighted by Crippen LogP contribution is 2.27. The number of hydrogen-bond donors (Lipinski definition) is 0. The molecule has 1 aromatic carbocycles. The van der Waals surface area contributed by atoms with Gasteiger partial charge in [-0.15, -0.1) is 0 Å². The van der Waals surface area contributed by atoms with Crippen LogP contribution in [0.4, 0.5) is 0 Å². The van der Waals surface area contributed by atoms with Gasteiger partial charge in [-0.2, -0.15) is 0 Å². The van der Waals surface area contributed by atoms with Crippen LogP contribution in [0, 0.1) is 19.8 Å². The predicted molar refractivity (Wildman–Crippen MR) is 99.1 cm³/mol. The van der Waals surface area contributed by atoms with Gasteiger partial charge in [-0.1, -0.05) is 11.6 Å². The van der Waals surface area contributed by atoms with Gasteiger partial charge < -0.3 is 19.0 Å². The number of hydrogen-bond acceptors (Lipinski definition) is 4. The van der Waals surface area contributed by atoms with Gasteiger partial charge in [0.15, 0.2) is 5.76 Å². The molecule has 1 fully saturated rings. The molecule has 2 aromatic rings. The van der Waals surface area contributed by atoms with Crippen LogP contribution in [0.2, 0.25) is 0 Å². The van der Waals surface area contributed by atoms with Crippen LogP contribution in [-0.4, -0.2) is 62.7 Å². The lowest BCUT2D eigenvalue weighted by molar-refractivity contribution is 0.0742. The van der Waals surface area contributed by atoms with E-state index in [4.69, 9.17) is 9.15 Å². The van der Waals surface area contributed by atoms with E-state index < -0.39 is 0 Å². The fourth-order valence-corrected chi connectivity index (χ4v) is 3.67. The first-order valence-corrected chi connectivity index (χ1v) is 8.96. The number of nitrogens with zero attached hydrogens (tertiary/aromatic N) is 2. The molecular formula is C20H28N2O3. The lowest BCUT2D eigenvalue weighted by Crippen LogP contribution is -2.33. The molecule has 0 saturated carbocycles. The van der Waals surface area contributed by atoms with Crippen molar-refractivity contribution in [1.82, 2.24) is 9.80 Å². The Morgan fingerprint density at radius 3 is 2.96 bits per heavy atom. The Morgan fingerprint density at radius 1 is 1.40 bits per heavy atom. The molecule has 1 atom stereocenters. The summed E-state index contributed by atoms with van der Waals surface area (Å²) in [6.07, 6.45) is 1.12. The fourth-order valence-electron chi connectivity index (χ4n) is 3.67. The van der Waals surface area contributed by atoms with E-state index in [-0.39, 0.29) is 5.91 Å². The molecule has 0 spiro atoms. The maximum absolute atomic E-state index is 12.9. The molecule has 1 aliphatic heterocycles. The Hall–Kier alpha value is -1.85. The highest BCUT2D eigenvalue weighted by molar-refractivity contribution is 5.98. The second-order valence-corrected chi connectivity index (χ2v) is 7.19. The average molecular weight is 344 g/mol. The van der Waals surface area contributed by atoms with Gasteiger partial charge in [-0.3, -0.25) is 4.79 Å². The summed E-state index contributed by atoms with van der Waals surface area (Å²) in [5.41, 5.74) is 2.89. The first kappa shape index (κ1) is 18.0. The summed E-state index contributed by atoms with van der Waals surface area (Å²) < 4.78 is 11.0. The summed E-state index contributed by atoms with van der Waals surface area (Å²) in [6.45, 7) is 8.62. The van der Waals surface area contributed by atoms with Crippen molar-refractivity contribution < 1.29 is 13.9 Å². The monoisotopic (exact) mass is 344 g/mol. The topological polar surface area (TPSA) is 45.9 Å². The largest absolute Gasteiger partial charge is 0.451 e. The third-order valence-electron chi connectivity index (χ3n) is 5.15. The Morgan fingerprint density at radius 2 is 2.20 bits per heavy atom. The highest BCUT2D eigenvalue weighted by atomic mass is 16.5. The van der Waals surface area contributed by atoms with Crippen molar-refractivity contribution >= 4 is 16.9 Å². The van der Waals surface area contributed by atoms with Gasteiger partial charge >= 0.3 is 0 Å². The molecule has 5 nitrogen and oxygen atoms in total. The van der Waals surface area contributed by atoms with E-state index in [0.29, 0.717) is 11.7 Å². The van der Waals surface area contributed by atoms with Crippen molar-refractivity contribution in [3.63, 3.8) is 0 Å². The van der Waals surface area contributed by atoms with E-state index in [2.05, 4.69) is 17.9 Å². The summed E-state index contributed by atoms with van der Waals surface area (Å²) in [5.74, 6) is 0.955. The number of rotatable bonds is 6. The normalized spacial score (nSPS) is 18.2. The third kappa shape index (κ3) is 3.88. The Balaban J connectivity index is 1.66. The van der Waals surface area contributed by atoms with Gasteiger partial charge in [-0.05, 0) is 44.9 Å². The van der Waals surface area contributed by atoms with Crippen molar-refractivity contribution in [2.24, 2.45) is 5.92 Å². The minimum Gasteiger partial charge on any atom is -0.451 e. The standard InChI is InChI=1S/C20H28N2O3/c1-14-5-6-18-17(11-14)15(2)19(25-18)20(23)21(3)12-16-7-8-22(13-16)9-10-24-4/h5-6,11,16H,7-10,12-13H2,1-4H3. The molecule has 3 rings (SSSR count). The average Bonchev–Trinajstić information content (AvgIpc) is 3.17. The fraction of sp³-hybridized carbons (Fsp3) is 0.550. The number of amides is 1. The zero-order chi connectivity index (χ0) is 18.0. The molecule has 0 aliphatic carbocycles. The number of furan rings is 1. The maximum atomic E-state index is 12.9. The summed E-state index contributed by atoms with van der Waals surface area (Å²) >= 11 is 0. The number of methoxy groups -OCH3 is 1. The quantitative estimate of drug-likeness (QED) is 0.808. The van der Waals surface area contributed by atoms with Crippen molar-refractivity contribution in [3.8, 4) is 0 Å².